The topological polar surface area (TPSA) is 0 Å². The number of hydrogen-bond acceptors (Lipinski definition) is 0. The van der Waals surface area contributed by atoms with Crippen LogP contribution < -0.4 is 0 Å². The fourth-order valence-electron chi connectivity index (χ4n) is 3.61. The van der Waals surface area contributed by atoms with Gasteiger partial charge in [0.1, 0.15) is 0 Å². The molecule has 2 aliphatic carbocycles. The van der Waals surface area contributed by atoms with Gasteiger partial charge in [-0.1, -0.05) is 43.5 Å². The minimum Gasteiger partial charge on any atom is -0.0617 e. The first kappa shape index (κ1) is 10.4. The van der Waals surface area contributed by atoms with Crippen LogP contribution >= 0.6 is 0 Å². The molecule has 2 atom stereocenters. The SMILES string of the molecule is c1cc2cc(c1)CC[C@@H]1CCC[C@H](CC2)C1. The minimum atomic E-state index is 1.03. The lowest BCUT2D eigenvalue weighted by molar-refractivity contribution is 0.243. The van der Waals surface area contributed by atoms with Crippen LogP contribution in [0.2, 0.25) is 0 Å². The second kappa shape index (κ2) is 4.61. The van der Waals surface area contributed by atoms with E-state index in [0.29, 0.717) is 0 Å². The molecule has 0 aromatic heterocycles. The lowest BCUT2D eigenvalue weighted by Crippen LogP contribution is -2.17. The van der Waals surface area contributed by atoms with E-state index in [0.717, 1.165) is 11.8 Å². The molecule has 0 radical (unpaired) electrons. The van der Waals surface area contributed by atoms with Crippen molar-refractivity contribution in [3.63, 3.8) is 0 Å². The van der Waals surface area contributed by atoms with Crippen LogP contribution in [0.3, 0.4) is 0 Å². The van der Waals surface area contributed by atoms with Gasteiger partial charge in [-0.15, -0.1) is 0 Å². The summed E-state index contributed by atoms with van der Waals surface area (Å²) in [7, 11) is 0. The molecule has 0 spiro atoms. The van der Waals surface area contributed by atoms with Crippen LogP contribution in [-0.2, 0) is 12.8 Å². The van der Waals surface area contributed by atoms with Crippen molar-refractivity contribution in [1.82, 2.24) is 0 Å². The fourth-order valence-corrected chi connectivity index (χ4v) is 3.61. The third-order valence-electron chi connectivity index (χ3n) is 4.57. The van der Waals surface area contributed by atoms with Crippen molar-refractivity contribution in [1.29, 1.82) is 0 Å². The van der Waals surface area contributed by atoms with Crippen LogP contribution in [0.4, 0.5) is 0 Å². The second-order valence-corrected chi connectivity index (χ2v) is 5.80. The van der Waals surface area contributed by atoms with Crippen LogP contribution in [0, 0.1) is 11.8 Å². The summed E-state index contributed by atoms with van der Waals surface area (Å²) in [5.41, 5.74) is 3.14. The Hall–Kier alpha value is -0.780. The summed E-state index contributed by atoms with van der Waals surface area (Å²) in [6, 6.07) is 9.32. The molecule has 2 aliphatic rings. The van der Waals surface area contributed by atoms with Crippen LogP contribution in [0.15, 0.2) is 24.3 Å². The van der Waals surface area contributed by atoms with Gasteiger partial charge in [0.25, 0.3) is 0 Å². The third-order valence-corrected chi connectivity index (χ3v) is 4.57. The van der Waals surface area contributed by atoms with E-state index in [-0.39, 0.29) is 0 Å². The van der Waals surface area contributed by atoms with Gasteiger partial charge < -0.3 is 0 Å². The molecule has 0 heteroatoms. The summed E-state index contributed by atoms with van der Waals surface area (Å²) in [4.78, 5) is 0. The zero-order chi connectivity index (χ0) is 10.8. The van der Waals surface area contributed by atoms with Crippen molar-refractivity contribution in [2.24, 2.45) is 11.8 Å². The van der Waals surface area contributed by atoms with E-state index < -0.39 is 0 Å². The Morgan fingerprint density at radius 1 is 0.812 bits per heavy atom. The van der Waals surface area contributed by atoms with Crippen LogP contribution in [0.25, 0.3) is 0 Å². The average Bonchev–Trinajstić information content (AvgIpc) is 2.34. The molecule has 1 saturated carbocycles. The summed E-state index contributed by atoms with van der Waals surface area (Å²) in [5.74, 6) is 2.06. The molecule has 1 fully saturated rings. The van der Waals surface area contributed by atoms with E-state index in [1.54, 1.807) is 11.1 Å². The number of fused-ring (bicyclic) bond motifs is 4. The second-order valence-electron chi connectivity index (χ2n) is 5.80. The van der Waals surface area contributed by atoms with Gasteiger partial charge in [-0.2, -0.15) is 0 Å². The largest absolute Gasteiger partial charge is 0.0617 e. The Labute approximate surface area is 99.1 Å². The minimum absolute atomic E-state index is 1.03. The molecule has 4 bridgehead atoms. The van der Waals surface area contributed by atoms with Crippen molar-refractivity contribution in [2.45, 2.75) is 51.4 Å². The van der Waals surface area contributed by atoms with Gasteiger partial charge in [-0.05, 0) is 55.1 Å². The van der Waals surface area contributed by atoms with Gasteiger partial charge in [0.05, 0.1) is 0 Å². The quantitative estimate of drug-likeness (QED) is 0.601. The maximum atomic E-state index is 2.45. The highest BCUT2D eigenvalue weighted by atomic mass is 14.3. The molecule has 0 aliphatic heterocycles. The molecule has 1 aromatic carbocycles. The van der Waals surface area contributed by atoms with E-state index in [1.165, 1.54) is 51.4 Å². The van der Waals surface area contributed by atoms with Gasteiger partial charge in [0, 0.05) is 0 Å². The number of rotatable bonds is 0. The van der Waals surface area contributed by atoms with Crippen molar-refractivity contribution in [3.05, 3.63) is 35.4 Å². The Morgan fingerprint density at radius 2 is 1.44 bits per heavy atom. The summed E-state index contributed by atoms with van der Waals surface area (Å²) < 4.78 is 0. The highest BCUT2D eigenvalue weighted by Crippen LogP contribution is 2.35. The Balaban J connectivity index is 1.81. The van der Waals surface area contributed by atoms with E-state index in [4.69, 9.17) is 0 Å². The summed E-state index contributed by atoms with van der Waals surface area (Å²) in [6.07, 6.45) is 11.5. The summed E-state index contributed by atoms with van der Waals surface area (Å²) in [6.45, 7) is 0. The molecule has 0 saturated heterocycles. The van der Waals surface area contributed by atoms with E-state index >= 15 is 0 Å². The molecule has 86 valence electrons. The van der Waals surface area contributed by atoms with Crippen molar-refractivity contribution in [3.8, 4) is 0 Å². The molecule has 0 N–H and O–H groups in total. The predicted octanol–water partition coefficient (Wildman–Crippen LogP) is 4.37. The maximum Gasteiger partial charge on any atom is -0.0276 e. The Morgan fingerprint density at radius 3 is 2.06 bits per heavy atom. The lowest BCUT2D eigenvalue weighted by atomic mass is 9.76. The molecule has 3 rings (SSSR count). The monoisotopic (exact) mass is 214 g/mol. The zero-order valence-electron chi connectivity index (χ0n) is 10.1. The van der Waals surface area contributed by atoms with Gasteiger partial charge in [-0.3, -0.25) is 0 Å². The van der Waals surface area contributed by atoms with Gasteiger partial charge in [0.15, 0.2) is 0 Å². The molecule has 1 aromatic rings. The fraction of sp³-hybridized carbons (Fsp3) is 0.625. The Kier molecular flexibility index (Phi) is 2.99. The number of hydrogen-bond donors (Lipinski definition) is 0. The molecular weight excluding hydrogens is 192 g/mol. The third kappa shape index (κ3) is 2.31. The normalized spacial score (nSPS) is 29.8. The van der Waals surface area contributed by atoms with Gasteiger partial charge in [0.2, 0.25) is 0 Å². The first-order valence-electron chi connectivity index (χ1n) is 6.98. The molecule has 0 amide bonds. The molecular formula is C16H22. The van der Waals surface area contributed by atoms with E-state index in [9.17, 15) is 0 Å². The number of aryl methyl sites for hydroxylation is 2. The predicted molar refractivity (Wildman–Crippen MR) is 68.5 cm³/mol. The highest BCUT2D eigenvalue weighted by molar-refractivity contribution is 5.24. The van der Waals surface area contributed by atoms with Gasteiger partial charge in [-0.25, -0.2) is 0 Å². The first-order valence-corrected chi connectivity index (χ1v) is 6.98. The van der Waals surface area contributed by atoms with Crippen molar-refractivity contribution in [2.75, 3.05) is 0 Å². The van der Waals surface area contributed by atoms with Crippen LogP contribution in [0.1, 0.15) is 49.7 Å². The smallest absolute Gasteiger partial charge is 0.0276 e. The van der Waals surface area contributed by atoms with Gasteiger partial charge >= 0.3 is 0 Å². The van der Waals surface area contributed by atoms with Crippen molar-refractivity contribution < 1.29 is 0 Å². The van der Waals surface area contributed by atoms with Crippen molar-refractivity contribution >= 4 is 0 Å². The van der Waals surface area contributed by atoms with Crippen LogP contribution in [-0.4, -0.2) is 0 Å². The van der Waals surface area contributed by atoms with E-state index in [1.807, 2.05) is 0 Å². The number of benzene rings is 1. The van der Waals surface area contributed by atoms with E-state index in [2.05, 4.69) is 24.3 Å². The Bertz CT molecular complexity index is 324. The zero-order valence-corrected chi connectivity index (χ0v) is 10.1. The molecule has 0 heterocycles. The lowest BCUT2D eigenvalue weighted by Gasteiger charge is -2.30. The maximum absolute atomic E-state index is 2.45. The molecule has 16 heavy (non-hydrogen) atoms. The summed E-state index contributed by atoms with van der Waals surface area (Å²) in [5, 5.41) is 0. The first-order chi connectivity index (χ1) is 7.90. The van der Waals surface area contributed by atoms with Crippen LogP contribution in [0.5, 0.6) is 0 Å². The standard InChI is InChI=1S/C16H22/c1-3-13-7-9-15-5-2-6-16(12-15)10-8-14(4-1)11-13/h1,3-4,11,15-16H,2,5-10,12H2/t15-,16+. The summed E-state index contributed by atoms with van der Waals surface area (Å²) >= 11 is 0. The molecule has 0 nitrogen and oxygen atoms in total. The highest BCUT2D eigenvalue weighted by Gasteiger charge is 2.22. The average molecular weight is 214 g/mol. The molecule has 0 unspecified atom stereocenters.